The number of aromatic nitrogens is 1. The molecule has 0 saturated heterocycles. The fourth-order valence-electron chi connectivity index (χ4n) is 3.25. The van der Waals surface area contributed by atoms with E-state index in [1.54, 1.807) is 24.3 Å². The fourth-order valence-corrected chi connectivity index (χ4v) is 3.25. The van der Waals surface area contributed by atoms with Crippen molar-refractivity contribution in [1.82, 2.24) is 4.98 Å². The van der Waals surface area contributed by atoms with Gasteiger partial charge in [0.05, 0.1) is 4.92 Å². The molecular formula is C22H17N3O4. The second kappa shape index (κ2) is 7.20. The Morgan fingerprint density at radius 1 is 1.07 bits per heavy atom. The zero-order valence-electron chi connectivity index (χ0n) is 15.8. The number of nitro groups is 1. The topological polar surface area (TPSA) is 98.3 Å². The average Bonchev–Trinajstić information content (AvgIpc) is 3.12. The molecule has 0 bridgehead atoms. The van der Waals surface area contributed by atoms with Crippen LogP contribution in [-0.2, 0) is 0 Å². The lowest BCUT2D eigenvalue weighted by molar-refractivity contribution is -0.385. The van der Waals surface area contributed by atoms with E-state index in [1.807, 2.05) is 32.0 Å². The highest BCUT2D eigenvalue weighted by molar-refractivity contribution is 6.07. The standard InChI is InChI=1S/C22H17N3O4/c1-13-10-14(2)20-18(11-13)24-22(29-20)15-6-5-7-16(12-15)23-21(26)17-8-3-4-9-19(17)25(27)28/h3-12H,1-2H3,(H,23,26). The minimum Gasteiger partial charge on any atom is -0.436 e. The minimum absolute atomic E-state index is 0.00383. The van der Waals surface area contributed by atoms with Crippen LogP contribution in [0.5, 0.6) is 0 Å². The van der Waals surface area contributed by atoms with Crippen LogP contribution in [0.4, 0.5) is 11.4 Å². The van der Waals surface area contributed by atoms with Crippen LogP contribution < -0.4 is 5.32 Å². The monoisotopic (exact) mass is 387 g/mol. The number of oxazole rings is 1. The van der Waals surface area contributed by atoms with E-state index < -0.39 is 10.8 Å². The molecule has 144 valence electrons. The Balaban J connectivity index is 1.66. The lowest BCUT2D eigenvalue weighted by atomic mass is 10.1. The van der Waals surface area contributed by atoms with Crippen molar-refractivity contribution in [3.8, 4) is 11.5 Å². The summed E-state index contributed by atoms with van der Waals surface area (Å²) in [6.45, 7) is 3.97. The van der Waals surface area contributed by atoms with E-state index in [9.17, 15) is 14.9 Å². The van der Waals surface area contributed by atoms with Crippen LogP contribution in [0.1, 0.15) is 21.5 Å². The molecule has 1 heterocycles. The molecule has 4 aromatic rings. The number of rotatable bonds is 4. The van der Waals surface area contributed by atoms with Crippen molar-refractivity contribution in [2.24, 2.45) is 0 Å². The predicted molar refractivity (Wildman–Crippen MR) is 110 cm³/mol. The molecule has 0 aliphatic carbocycles. The molecule has 0 aliphatic heterocycles. The van der Waals surface area contributed by atoms with E-state index in [0.29, 0.717) is 17.1 Å². The van der Waals surface area contributed by atoms with Gasteiger partial charge in [0.2, 0.25) is 5.89 Å². The number of fused-ring (bicyclic) bond motifs is 1. The van der Waals surface area contributed by atoms with Crippen molar-refractivity contribution in [3.63, 3.8) is 0 Å². The SMILES string of the molecule is Cc1cc(C)c2oc(-c3cccc(NC(=O)c4ccccc4[N+](=O)[O-])c3)nc2c1. The second-order valence-electron chi connectivity index (χ2n) is 6.76. The number of nitro benzene ring substituents is 1. The van der Waals surface area contributed by atoms with E-state index in [0.717, 1.165) is 22.2 Å². The molecule has 1 N–H and O–H groups in total. The lowest BCUT2D eigenvalue weighted by Crippen LogP contribution is -2.13. The van der Waals surface area contributed by atoms with Crippen molar-refractivity contribution in [3.05, 3.63) is 87.5 Å². The molecule has 0 radical (unpaired) electrons. The summed E-state index contributed by atoms with van der Waals surface area (Å²) < 4.78 is 5.92. The number of amides is 1. The molecule has 0 saturated carbocycles. The number of hydrogen-bond acceptors (Lipinski definition) is 5. The Labute approximate surface area is 166 Å². The first-order chi connectivity index (χ1) is 13.9. The Bertz CT molecular complexity index is 1260. The highest BCUT2D eigenvalue weighted by atomic mass is 16.6. The highest BCUT2D eigenvalue weighted by Gasteiger charge is 2.19. The van der Waals surface area contributed by atoms with Crippen LogP contribution in [0.25, 0.3) is 22.6 Å². The number of nitrogens with one attached hydrogen (secondary N) is 1. The van der Waals surface area contributed by atoms with Crippen LogP contribution in [-0.4, -0.2) is 15.8 Å². The number of carbonyl (C=O) groups excluding carboxylic acids is 1. The summed E-state index contributed by atoms with van der Waals surface area (Å²) in [7, 11) is 0. The first-order valence-electron chi connectivity index (χ1n) is 8.95. The highest BCUT2D eigenvalue weighted by Crippen LogP contribution is 2.29. The summed E-state index contributed by atoms with van der Waals surface area (Å²) in [6, 6.07) is 16.8. The van der Waals surface area contributed by atoms with E-state index >= 15 is 0 Å². The number of hydrogen-bond donors (Lipinski definition) is 1. The Morgan fingerprint density at radius 2 is 1.86 bits per heavy atom. The zero-order valence-corrected chi connectivity index (χ0v) is 15.8. The van der Waals surface area contributed by atoms with Crippen LogP contribution >= 0.6 is 0 Å². The molecule has 7 nitrogen and oxygen atoms in total. The van der Waals surface area contributed by atoms with Crippen molar-refractivity contribution in [2.75, 3.05) is 5.32 Å². The molecule has 0 unspecified atom stereocenters. The van der Waals surface area contributed by atoms with Crippen molar-refractivity contribution in [2.45, 2.75) is 13.8 Å². The van der Waals surface area contributed by atoms with Gasteiger partial charge in [-0.25, -0.2) is 4.98 Å². The third-order valence-corrected chi connectivity index (χ3v) is 4.53. The first kappa shape index (κ1) is 18.4. The second-order valence-corrected chi connectivity index (χ2v) is 6.76. The van der Waals surface area contributed by atoms with Gasteiger partial charge in [0.1, 0.15) is 11.1 Å². The van der Waals surface area contributed by atoms with E-state index in [4.69, 9.17) is 4.42 Å². The van der Waals surface area contributed by atoms with Gasteiger partial charge in [-0.1, -0.05) is 24.3 Å². The van der Waals surface area contributed by atoms with Crippen LogP contribution in [0.15, 0.2) is 65.1 Å². The maximum Gasteiger partial charge on any atom is 0.282 e. The third-order valence-electron chi connectivity index (χ3n) is 4.53. The van der Waals surface area contributed by atoms with Crippen LogP contribution in [0.3, 0.4) is 0 Å². The van der Waals surface area contributed by atoms with Gasteiger partial charge in [0.25, 0.3) is 11.6 Å². The number of anilines is 1. The van der Waals surface area contributed by atoms with E-state index in [1.165, 1.54) is 18.2 Å². The van der Waals surface area contributed by atoms with Crippen LogP contribution in [0, 0.1) is 24.0 Å². The number of para-hydroxylation sites is 1. The fraction of sp³-hybridized carbons (Fsp3) is 0.0909. The first-order valence-corrected chi connectivity index (χ1v) is 8.95. The average molecular weight is 387 g/mol. The summed E-state index contributed by atoms with van der Waals surface area (Å²) >= 11 is 0. The molecule has 0 aliphatic rings. The Kier molecular flexibility index (Phi) is 4.56. The summed E-state index contributed by atoms with van der Waals surface area (Å²) in [5.74, 6) is -0.117. The van der Waals surface area contributed by atoms with Gasteiger partial charge < -0.3 is 9.73 Å². The molecule has 1 aromatic heterocycles. The Morgan fingerprint density at radius 3 is 2.66 bits per heavy atom. The molecule has 0 atom stereocenters. The molecule has 0 fully saturated rings. The van der Waals surface area contributed by atoms with Crippen LogP contribution in [0.2, 0.25) is 0 Å². The summed E-state index contributed by atoms with van der Waals surface area (Å²) in [6.07, 6.45) is 0. The zero-order chi connectivity index (χ0) is 20.5. The number of nitrogens with zero attached hydrogens (tertiary/aromatic N) is 2. The third kappa shape index (κ3) is 3.58. The lowest BCUT2D eigenvalue weighted by Gasteiger charge is -2.07. The summed E-state index contributed by atoms with van der Waals surface area (Å²) in [5.41, 5.74) is 4.52. The van der Waals surface area contributed by atoms with Gasteiger partial charge in [0.15, 0.2) is 5.58 Å². The van der Waals surface area contributed by atoms with Gasteiger partial charge in [-0.2, -0.15) is 0 Å². The minimum atomic E-state index is -0.575. The van der Waals surface area contributed by atoms with Gasteiger partial charge in [-0.05, 0) is 55.3 Å². The van der Waals surface area contributed by atoms with Gasteiger partial charge in [0, 0.05) is 17.3 Å². The van der Waals surface area contributed by atoms with E-state index in [2.05, 4.69) is 10.3 Å². The molecule has 29 heavy (non-hydrogen) atoms. The largest absolute Gasteiger partial charge is 0.436 e. The molecule has 7 heteroatoms. The van der Waals surface area contributed by atoms with Crippen molar-refractivity contribution in [1.29, 1.82) is 0 Å². The smallest absolute Gasteiger partial charge is 0.282 e. The maximum atomic E-state index is 12.6. The van der Waals surface area contributed by atoms with Crippen molar-refractivity contribution < 1.29 is 14.1 Å². The molecular weight excluding hydrogens is 370 g/mol. The van der Waals surface area contributed by atoms with Gasteiger partial charge in [-0.3, -0.25) is 14.9 Å². The molecule has 4 rings (SSSR count). The normalized spacial score (nSPS) is 10.8. The Hall–Kier alpha value is -4.00. The molecule has 1 amide bonds. The number of aryl methyl sites for hydroxylation is 2. The van der Waals surface area contributed by atoms with Gasteiger partial charge >= 0.3 is 0 Å². The predicted octanol–water partition coefficient (Wildman–Crippen LogP) is 5.27. The van der Waals surface area contributed by atoms with Gasteiger partial charge in [-0.15, -0.1) is 0 Å². The summed E-state index contributed by atoms with van der Waals surface area (Å²) in [4.78, 5) is 27.7. The number of carbonyl (C=O) groups is 1. The quantitative estimate of drug-likeness (QED) is 0.380. The molecule has 0 spiro atoms. The molecule has 3 aromatic carbocycles. The maximum absolute atomic E-state index is 12.6. The van der Waals surface area contributed by atoms with Crippen molar-refractivity contribution >= 4 is 28.4 Å². The van der Waals surface area contributed by atoms with E-state index in [-0.39, 0.29) is 11.3 Å². The number of benzene rings is 3. The summed E-state index contributed by atoms with van der Waals surface area (Å²) in [5, 5.41) is 13.9.